The molecule has 0 unspecified atom stereocenters. The highest BCUT2D eigenvalue weighted by Crippen LogP contribution is 2.44. The molecule has 11 nitrogen and oxygen atoms in total. The number of rotatable bonds is 6. The van der Waals surface area contributed by atoms with E-state index in [0.29, 0.717) is 60.2 Å². The van der Waals surface area contributed by atoms with Gasteiger partial charge >= 0.3 is 0 Å². The number of ether oxygens (including phenoxy) is 2. The number of hydrogen-bond donors (Lipinski definition) is 3. The molecule has 3 fully saturated rings. The maximum Gasteiger partial charge on any atom is 0.274 e. The number of hydrogen-bond acceptors (Lipinski definition) is 8. The van der Waals surface area contributed by atoms with Crippen LogP contribution in [0.15, 0.2) is 35.4 Å². The molecule has 5 heterocycles. The fourth-order valence-corrected chi connectivity index (χ4v) is 5.02. The molecule has 0 radical (unpaired) electrons. The summed E-state index contributed by atoms with van der Waals surface area (Å²) in [7, 11) is 1.77. The van der Waals surface area contributed by atoms with Gasteiger partial charge < -0.3 is 30.0 Å². The molecular weight excluding hydrogens is 438 g/mol. The summed E-state index contributed by atoms with van der Waals surface area (Å²) in [6.07, 6.45) is 5.15. The molecule has 2 saturated heterocycles. The molecule has 178 valence electrons. The monoisotopic (exact) mass is 465 g/mol. The van der Waals surface area contributed by atoms with Gasteiger partial charge in [-0.15, -0.1) is 0 Å². The first-order valence-corrected chi connectivity index (χ1v) is 11.6. The molecule has 1 saturated carbocycles. The van der Waals surface area contributed by atoms with Gasteiger partial charge in [-0.1, -0.05) is 0 Å². The molecule has 4 atom stereocenters. The van der Waals surface area contributed by atoms with Crippen molar-refractivity contribution in [1.29, 1.82) is 0 Å². The van der Waals surface area contributed by atoms with E-state index < -0.39 is 0 Å². The first kappa shape index (κ1) is 21.1. The van der Waals surface area contributed by atoms with E-state index in [9.17, 15) is 9.59 Å². The number of amides is 1. The van der Waals surface area contributed by atoms with Gasteiger partial charge in [-0.2, -0.15) is 9.61 Å². The van der Waals surface area contributed by atoms with E-state index in [2.05, 4.69) is 26.0 Å². The number of carbonyl (C=O) groups is 1. The fourth-order valence-electron chi connectivity index (χ4n) is 5.02. The highest BCUT2D eigenvalue weighted by Gasteiger charge is 2.54. The van der Waals surface area contributed by atoms with Crippen molar-refractivity contribution in [3.8, 4) is 0 Å². The second kappa shape index (κ2) is 8.41. The zero-order chi connectivity index (χ0) is 23.2. The summed E-state index contributed by atoms with van der Waals surface area (Å²) >= 11 is 0. The molecule has 34 heavy (non-hydrogen) atoms. The lowest BCUT2D eigenvalue weighted by Crippen LogP contribution is -2.31. The number of nitrogens with one attached hydrogen (secondary N) is 3. The third-order valence-corrected chi connectivity index (χ3v) is 6.99. The van der Waals surface area contributed by atoms with Crippen molar-refractivity contribution in [3.63, 3.8) is 0 Å². The lowest BCUT2D eigenvalue weighted by atomic mass is 10.1. The number of nitrogens with zero attached hydrogens (tertiary/aromatic N) is 4. The predicted octanol–water partition coefficient (Wildman–Crippen LogP) is 1.40. The largest absolute Gasteiger partial charge is 0.381 e. The summed E-state index contributed by atoms with van der Waals surface area (Å²) in [5.74, 6) is 1.68. The van der Waals surface area contributed by atoms with Crippen LogP contribution < -0.4 is 21.5 Å². The Balaban J connectivity index is 1.29. The van der Waals surface area contributed by atoms with Crippen LogP contribution >= 0.6 is 0 Å². The number of aromatic nitrogens is 4. The first-order valence-electron chi connectivity index (χ1n) is 11.6. The summed E-state index contributed by atoms with van der Waals surface area (Å²) in [6, 6.07) is 5.48. The van der Waals surface area contributed by atoms with Crippen LogP contribution in [0.2, 0.25) is 0 Å². The lowest BCUT2D eigenvalue weighted by molar-refractivity contribution is 0.0581. The Morgan fingerprint density at radius 3 is 2.82 bits per heavy atom. The Bertz CT molecular complexity index is 1290. The highest BCUT2D eigenvalue weighted by molar-refractivity contribution is 6.00. The van der Waals surface area contributed by atoms with Crippen molar-refractivity contribution in [2.45, 2.75) is 24.9 Å². The molecule has 11 heteroatoms. The second-order valence-electron chi connectivity index (χ2n) is 9.06. The van der Waals surface area contributed by atoms with Crippen LogP contribution in [0.4, 0.5) is 17.3 Å². The van der Waals surface area contributed by atoms with Crippen molar-refractivity contribution in [2.24, 2.45) is 11.8 Å². The van der Waals surface area contributed by atoms with Gasteiger partial charge in [-0.25, -0.2) is 4.98 Å². The van der Waals surface area contributed by atoms with Gasteiger partial charge in [-0.3, -0.25) is 9.59 Å². The highest BCUT2D eigenvalue weighted by atomic mass is 16.5. The molecular formula is C23H27N7O4. The first-order chi connectivity index (χ1) is 16.6. The van der Waals surface area contributed by atoms with E-state index in [4.69, 9.17) is 9.47 Å². The molecule has 0 aromatic carbocycles. The van der Waals surface area contributed by atoms with Crippen LogP contribution in [0.25, 0.3) is 5.65 Å². The fraction of sp³-hybridized carbons (Fsp3) is 0.478. The SMILES string of the molecule is CNc1cc(Nc2cccn([C@@H]3CCCOC3)c2=O)nc2c(C(=O)N[C@H]3[C@@H]4COC[C@@H]43)cnn12. The molecule has 1 aliphatic carbocycles. The van der Waals surface area contributed by atoms with Gasteiger partial charge in [0.25, 0.3) is 11.5 Å². The summed E-state index contributed by atoms with van der Waals surface area (Å²) in [6.45, 7) is 2.65. The van der Waals surface area contributed by atoms with E-state index in [-0.39, 0.29) is 23.6 Å². The van der Waals surface area contributed by atoms with Crippen LogP contribution in [0.1, 0.15) is 29.2 Å². The third-order valence-electron chi connectivity index (χ3n) is 6.99. The molecule has 0 spiro atoms. The zero-order valence-electron chi connectivity index (χ0n) is 18.9. The van der Waals surface area contributed by atoms with Crippen LogP contribution in [0, 0.1) is 11.8 Å². The van der Waals surface area contributed by atoms with Crippen molar-refractivity contribution < 1.29 is 14.3 Å². The minimum absolute atomic E-state index is 0.0174. The van der Waals surface area contributed by atoms with Crippen molar-refractivity contribution in [1.82, 2.24) is 24.5 Å². The standard InChI is InChI=1S/C23H27N7O4/c1-24-19-8-18(26-17-5-2-6-29(23(17)32)13-4-3-7-33-10-13)27-21-14(9-25-30(19)21)22(31)28-20-15-11-34-12-16(15)20/h2,5-6,8-9,13,15-16,20,24H,3-4,7,10-12H2,1H3,(H,26,27)(H,28,31)/t13-,15-,16+,20+/m1/s1. The zero-order valence-corrected chi connectivity index (χ0v) is 18.9. The minimum Gasteiger partial charge on any atom is -0.381 e. The molecule has 3 aromatic heterocycles. The molecule has 3 aromatic rings. The van der Waals surface area contributed by atoms with Gasteiger partial charge in [0.15, 0.2) is 5.65 Å². The maximum atomic E-state index is 13.1. The Morgan fingerprint density at radius 1 is 1.21 bits per heavy atom. The second-order valence-corrected chi connectivity index (χ2v) is 9.06. The summed E-state index contributed by atoms with van der Waals surface area (Å²) in [4.78, 5) is 30.8. The number of pyridine rings is 1. The van der Waals surface area contributed by atoms with Crippen molar-refractivity contribution >= 4 is 28.9 Å². The maximum absolute atomic E-state index is 13.1. The van der Waals surface area contributed by atoms with E-state index >= 15 is 0 Å². The third kappa shape index (κ3) is 3.61. The number of anilines is 3. The molecule has 2 aliphatic heterocycles. The van der Waals surface area contributed by atoms with Gasteiger partial charge in [0.2, 0.25) is 0 Å². The Kier molecular flexibility index (Phi) is 5.22. The van der Waals surface area contributed by atoms with Gasteiger partial charge in [0, 0.05) is 43.8 Å². The summed E-state index contributed by atoms with van der Waals surface area (Å²) in [5, 5.41) is 13.7. The van der Waals surface area contributed by atoms with Crippen LogP contribution in [0.5, 0.6) is 0 Å². The minimum atomic E-state index is -0.208. The predicted molar refractivity (Wildman–Crippen MR) is 125 cm³/mol. The summed E-state index contributed by atoms with van der Waals surface area (Å²) in [5.41, 5.74) is 1.06. The van der Waals surface area contributed by atoms with Gasteiger partial charge in [-0.05, 0) is 25.0 Å². The quantitative estimate of drug-likeness (QED) is 0.499. The van der Waals surface area contributed by atoms with E-state index in [1.165, 1.54) is 6.20 Å². The lowest BCUT2D eigenvalue weighted by Gasteiger charge is -2.24. The van der Waals surface area contributed by atoms with Gasteiger partial charge in [0.1, 0.15) is 22.9 Å². The van der Waals surface area contributed by atoms with Crippen LogP contribution in [-0.2, 0) is 9.47 Å². The van der Waals surface area contributed by atoms with E-state index in [1.807, 2.05) is 6.07 Å². The van der Waals surface area contributed by atoms with Gasteiger partial charge in [0.05, 0.1) is 32.1 Å². The van der Waals surface area contributed by atoms with Crippen molar-refractivity contribution in [3.05, 3.63) is 46.5 Å². The molecule has 6 rings (SSSR count). The smallest absolute Gasteiger partial charge is 0.274 e. The molecule has 3 aliphatic rings. The number of carbonyl (C=O) groups excluding carboxylic acids is 1. The molecule has 1 amide bonds. The normalized spacial score (nSPS) is 25.7. The van der Waals surface area contributed by atoms with E-state index in [0.717, 1.165) is 19.4 Å². The van der Waals surface area contributed by atoms with Crippen LogP contribution in [-0.4, -0.2) is 64.6 Å². The van der Waals surface area contributed by atoms with Crippen LogP contribution in [0.3, 0.4) is 0 Å². The van der Waals surface area contributed by atoms with E-state index in [1.54, 1.807) is 34.5 Å². The average Bonchev–Trinajstić information content (AvgIpc) is 3.22. The number of fused-ring (bicyclic) bond motifs is 2. The van der Waals surface area contributed by atoms with Crippen molar-refractivity contribution in [2.75, 3.05) is 44.1 Å². The topological polar surface area (TPSA) is 124 Å². The molecule has 0 bridgehead atoms. The average molecular weight is 466 g/mol. The Hall–Kier alpha value is -3.44. The Labute approximate surface area is 195 Å². The Morgan fingerprint density at radius 2 is 2.06 bits per heavy atom. The molecule has 3 N–H and O–H groups in total. The summed E-state index contributed by atoms with van der Waals surface area (Å²) < 4.78 is 14.3.